The summed E-state index contributed by atoms with van der Waals surface area (Å²) in [6, 6.07) is -0.917. The van der Waals surface area contributed by atoms with Crippen molar-refractivity contribution in [2.75, 3.05) is 6.61 Å². The van der Waals surface area contributed by atoms with Crippen LogP contribution in [0.5, 0.6) is 0 Å². The van der Waals surface area contributed by atoms with Crippen molar-refractivity contribution in [2.24, 2.45) is 5.73 Å². The van der Waals surface area contributed by atoms with Crippen LogP contribution in [0.3, 0.4) is 0 Å². The van der Waals surface area contributed by atoms with Gasteiger partial charge in [0.05, 0.1) is 12.7 Å². The average Bonchev–Trinajstić information content (AvgIpc) is 1.87. The second kappa shape index (κ2) is 6.39. The molecule has 2 unspecified atom stereocenters. The van der Waals surface area contributed by atoms with Crippen LogP contribution in [0.4, 0.5) is 0 Å². The molecule has 0 saturated heterocycles. The smallest absolute Gasteiger partial charge is 0.325 e. The quantitative estimate of drug-likeness (QED) is 0.589. The Morgan fingerprint density at radius 1 is 1.73 bits per heavy atom. The monoisotopic (exact) mass is 183 g/mol. The summed E-state index contributed by atoms with van der Waals surface area (Å²) in [5.74, 6) is -0.558. The first-order chi connectivity index (χ1) is 4.59. The van der Waals surface area contributed by atoms with Crippen molar-refractivity contribution >= 4 is 18.4 Å². The Morgan fingerprint density at radius 2 is 2.18 bits per heavy atom. The Hall–Kier alpha value is -0.320. The molecule has 5 heteroatoms. The van der Waals surface area contributed by atoms with Gasteiger partial charge in [-0.1, -0.05) is 0 Å². The van der Waals surface area contributed by atoms with E-state index >= 15 is 0 Å². The lowest BCUT2D eigenvalue weighted by Crippen LogP contribution is -2.41. The van der Waals surface area contributed by atoms with Crippen molar-refractivity contribution in [3.05, 3.63) is 0 Å². The summed E-state index contributed by atoms with van der Waals surface area (Å²) < 4.78 is 4.54. The van der Waals surface area contributed by atoms with Crippen LogP contribution in [0, 0.1) is 0 Å². The fraction of sp³-hybridized carbons (Fsp3) is 0.833. The summed E-state index contributed by atoms with van der Waals surface area (Å²) in [5, 5.41) is 8.79. The molecule has 0 aromatic heterocycles. The Balaban J connectivity index is 0. The first-order valence-corrected chi connectivity index (χ1v) is 3.19. The van der Waals surface area contributed by atoms with E-state index in [1.165, 1.54) is 6.92 Å². The van der Waals surface area contributed by atoms with Crippen LogP contribution < -0.4 is 5.73 Å². The number of carbonyl (C=O) groups is 1. The predicted octanol–water partition coefficient (Wildman–Crippen LogP) is -0.321. The molecule has 3 N–H and O–H groups in total. The lowest BCUT2D eigenvalue weighted by Gasteiger charge is -2.11. The van der Waals surface area contributed by atoms with Gasteiger partial charge in [-0.05, 0) is 13.8 Å². The highest BCUT2D eigenvalue weighted by molar-refractivity contribution is 5.85. The van der Waals surface area contributed by atoms with Gasteiger partial charge in [0, 0.05) is 0 Å². The number of esters is 1. The minimum atomic E-state index is -0.917. The molecule has 0 heterocycles. The Bertz CT molecular complexity index is 118. The van der Waals surface area contributed by atoms with Gasteiger partial charge in [-0.15, -0.1) is 12.4 Å². The van der Waals surface area contributed by atoms with E-state index in [0.717, 1.165) is 0 Å². The van der Waals surface area contributed by atoms with Crippen LogP contribution in [-0.4, -0.2) is 29.8 Å². The molecule has 2 atom stereocenters. The standard InChI is InChI=1S/C6H13NO3.ClH/c1-3-10-6(9)5(7)4(2)8;/h4-5,8H,3,7H2,1-2H3;1H. The van der Waals surface area contributed by atoms with Gasteiger partial charge in [0.1, 0.15) is 6.04 Å². The molecule has 0 fully saturated rings. The van der Waals surface area contributed by atoms with Crippen LogP contribution in [0.15, 0.2) is 0 Å². The lowest BCUT2D eigenvalue weighted by atomic mass is 10.2. The van der Waals surface area contributed by atoms with E-state index in [4.69, 9.17) is 10.8 Å². The maximum absolute atomic E-state index is 10.7. The van der Waals surface area contributed by atoms with E-state index in [1.807, 2.05) is 0 Å². The number of carbonyl (C=O) groups excluding carboxylic acids is 1. The summed E-state index contributed by atoms with van der Waals surface area (Å²) >= 11 is 0. The van der Waals surface area contributed by atoms with Gasteiger partial charge in [0.25, 0.3) is 0 Å². The summed E-state index contributed by atoms with van der Waals surface area (Å²) in [6.07, 6.45) is -0.848. The van der Waals surface area contributed by atoms with Crippen molar-refractivity contribution in [1.82, 2.24) is 0 Å². The SMILES string of the molecule is CCOC(=O)C(N)C(C)O.Cl. The predicted molar refractivity (Wildman–Crippen MR) is 43.5 cm³/mol. The molecule has 0 rings (SSSR count). The topological polar surface area (TPSA) is 72.5 Å². The normalized spacial score (nSPS) is 14.5. The largest absolute Gasteiger partial charge is 0.465 e. The zero-order chi connectivity index (χ0) is 8.15. The Kier molecular flexibility index (Phi) is 7.72. The number of aliphatic hydroxyl groups excluding tert-OH is 1. The van der Waals surface area contributed by atoms with E-state index in [1.54, 1.807) is 6.92 Å². The molecule has 0 radical (unpaired) electrons. The first-order valence-electron chi connectivity index (χ1n) is 3.19. The second-order valence-electron chi connectivity index (χ2n) is 2.02. The van der Waals surface area contributed by atoms with Crippen LogP contribution in [0.2, 0.25) is 0 Å². The molecular formula is C6H14ClNO3. The van der Waals surface area contributed by atoms with Crippen molar-refractivity contribution in [3.63, 3.8) is 0 Å². The van der Waals surface area contributed by atoms with Gasteiger partial charge in [-0.25, -0.2) is 0 Å². The van der Waals surface area contributed by atoms with E-state index in [0.29, 0.717) is 6.61 Å². The van der Waals surface area contributed by atoms with Crippen LogP contribution in [0.1, 0.15) is 13.8 Å². The number of hydrogen-bond donors (Lipinski definition) is 2. The van der Waals surface area contributed by atoms with E-state index < -0.39 is 18.1 Å². The second-order valence-corrected chi connectivity index (χ2v) is 2.02. The molecule has 0 aromatic carbocycles. The zero-order valence-corrected chi connectivity index (χ0v) is 7.43. The third-order valence-corrected chi connectivity index (χ3v) is 1.08. The highest BCUT2D eigenvalue weighted by Crippen LogP contribution is 1.91. The molecule has 0 aliphatic rings. The van der Waals surface area contributed by atoms with Crippen molar-refractivity contribution in [1.29, 1.82) is 0 Å². The minimum absolute atomic E-state index is 0. The number of hydrogen-bond acceptors (Lipinski definition) is 4. The molecule has 0 aliphatic carbocycles. The molecule has 0 aromatic rings. The molecule has 68 valence electrons. The van der Waals surface area contributed by atoms with Crippen molar-refractivity contribution in [2.45, 2.75) is 26.0 Å². The van der Waals surface area contributed by atoms with E-state index in [9.17, 15) is 4.79 Å². The molecule has 4 nitrogen and oxygen atoms in total. The van der Waals surface area contributed by atoms with Crippen LogP contribution in [-0.2, 0) is 9.53 Å². The summed E-state index contributed by atoms with van der Waals surface area (Å²) in [4.78, 5) is 10.7. The number of aliphatic hydroxyl groups is 1. The van der Waals surface area contributed by atoms with Gasteiger partial charge in [0.2, 0.25) is 0 Å². The number of rotatable bonds is 3. The molecule has 0 bridgehead atoms. The third kappa shape index (κ3) is 5.01. The van der Waals surface area contributed by atoms with Gasteiger partial charge in [0.15, 0.2) is 0 Å². The molecular weight excluding hydrogens is 170 g/mol. The summed E-state index contributed by atoms with van der Waals surface area (Å²) in [5.41, 5.74) is 5.22. The Labute approximate surface area is 72.1 Å². The molecule has 0 spiro atoms. The molecule has 0 aliphatic heterocycles. The van der Waals surface area contributed by atoms with Crippen molar-refractivity contribution in [3.8, 4) is 0 Å². The minimum Gasteiger partial charge on any atom is -0.465 e. The number of nitrogens with two attached hydrogens (primary N) is 1. The van der Waals surface area contributed by atoms with Gasteiger partial charge >= 0.3 is 5.97 Å². The summed E-state index contributed by atoms with van der Waals surface area (Å²) in [6.45, 7) is 3.42. The van der Waals surface area contributed by atoms with Crippen LogP contribution in [0.25, 0.3) is 0 Å². The zero-order valence-electron chi connectivity index (χ0n) is 6.61. The lowest BCUT2D eigenvalue weighted by molar-refractivity contribution is -0.147. The fourth-order valence-electron chi connectivity index (χ4n) is 0.435. The number of ether oxygens (including phenoxy) is 1. The molecule has 0 saturated carbocycles. The van der Waals surface area contributed by atoms with Gasteiger partial charge < -0.3 is 15.6 Å². The maximum atomic E-state index is 10.7. The van der Waals surface area contributed by atoms with Gasteiger partial charge in [-0.3, -0.25) is 4.79 Å². The average molecular weight is 184 g/mol. The third-order valence-electron chi connectivity index (χ3n) is 1.08. The molecule has 0 amide bonds. The first kappa shape index (κ1) is 13.3. The van der Waals surface area contributed by atoms with Crippen molar-refractivity contribution < 1.29 is 14.6 Å². The van der Waals surface area contributed by atoms with Crippen LogP contribution >= 0.6 is 12.4 Å². The highest BCUT2D eigenvalue weighted by atomic mass is 35.5. The number of halogens is 1. The van der Waals surface area contributed by atoms with E-state index in [2.05, 4.69) is 4.74 Å². The summed E-state index contributed by atoms with van der Waals surface area (Å²) in [7, 11) is 0. The highest BCUT2D eigenvalue weighted by Gasteiger charge is 2.19. The fourth-order valence-corrected chi connectivity index (χ4v) is 0.435. The van der Waals surface area contributed by atoms with Gasteiger partial charge in [-0.2, -0.15) is 0 Å². The maximum Gasteiger partial charge on any atom is 0.325 e. The molecule has 11 heavy (non-hydrogen) atoms. The van der Waals surface area contributed by atoms with E-state index in [-0.39, 0.29) is 12.4 Å². The Morgan fingerprint density at radius 3 is 2.45 bits per heavy atom.